The highest BCUT2D eigenvalue weighted by Gasteiger charge is 2.15. The van der Waals surface area contributed by atoms with Gasteiger partial charge in [-0.1, -0.05) is 40.9 Å². The highest BCUT2D eigenvalue weighted by molar-refractivity contribution is 6.43. The normalized spacial score (nSPS) is 10.8. The second kappa shape index (κ2) is 5.52. The molecule has 2 N–H and O–H groups in total. The van der Waals surface area contributed by atoms with Crippen molar-refractivity contribution >= 4 is 40.5 Å². The first-order valence-electron chi connectivity index (χ1n) is 5.86. The number of nitrogens with two attached hydrogens (primary N) is 1. The van der Waals surface area contributed by atoms with Crippen LogP contribution in [0.15, 0.2) is 36.4 Å². The van der Waals surface area contributed by atoms with E-state index in [1.807, 2.05) is 0 Å². The number of benzene rings is 2. The van der Waals surface area contributed by atoms with Crippen molar-refractivity contribution in [3.63, 3.8) is 0 Å². The molecule has 0 atom stereocenters. The number of aromatic nitrogens is 4. The summed E-state index contributed by atoms with van der Waals surface area (Å²) in [5.41, 5.74) is 7.56. The molecule has 0 spiro atoms. The van der Waals surface area contributed by atoms with Crippen molar-refractivity contribution in [1.82, 2.24) is 20.2 Å². The van der Waals surface area contributed by atoms with Crippen LogP contribution in [0.2, 0.25) is 15.1 Å². The highest BCUT2D eigenvalue weighted by atomic mass is 35.5. The van der Waals surface area contributed by atoms with Gasteiger partial charge in [0.1, 0.15) is 0 Å². The van der Waals surface area contributed by atoms with Gasteiger partial charge in [-0.2, -0.15) is 4.68 Å². The lowest BCUT2D eigenvalue weighted by atomic mass is 10.2. The van der Waals surface area contributed by atoms with E-state index in [9.17, 15) is 0 Å². The summed E-state index contributed by atoms with van der Waals surface area (Å²) >= 11 is 18.2. The summed E-state index contributed by atoms with van der Waals surface area (Å²) in [5.74, 6) is 0.488. The van der Waals surface area contributed by atoms with Gasteiger partial charge in [-0.3, -0.25) is 0 Å². The Morgan fingerprint density at radius 3 is 2.57 bits per heavy atom. The third-order valence-corrected chi connectivity index (χ3v) is 4.04. The molecule has 8 heteroatoms. The quantitative estimate of drug-likeness (QED) is 0.719. The van der Waals surface area contributed by atoms with E-state index in [1.54, 1.807) is 36.4 Å². The number of tetrazole rings is 1. The van der Waals surface area contributed by atoms with Gasteiger partial charge in [-0.25, -0.2) is 0 Å². The zero-order chi connectivity index (χ0) is 15.0. The van der Waals surface area contributed by atoms with Crippen LogP contribution in [-0.4, -0.2) is 20.2 Å². The molecule has 2 aromatic carbocycles. The summed E-state index contributed by atoms with van der Waals surface area (Å²) in [6.07, 6.45) is 0. The lowest BCUT2D eigenvalue weighted by Crippen LogP contribution is -2.01. The minimum atomic E-state index is 0.370. The molecule has 1 heterocycles. The number of anilines is 1. The minimum absolute atomic E-state index is 0.370. The van der Waals surface area contributed by atoms with E-state index in [-0.39, 0.29) is 0 Å². The molecule has 0 aliphatic heterocycles. The number of hydrogen-bond acceptors (Lipinski definition) is 4. The lowest BCUT2D eigenvalue weighted by Gasteiger charge is -2.08. The number of nitrogens with zero attached hydrogens (tertiary/aromatic N) is 4. The van der Waals surface area contributed by atoms with Gasteiger partial charge in [0.05, 0.1) is 26.4 Å². The molecular weight excluding hydrogens is 333 g/mol. The average Bonchev–Trinajstić information content (AvgIpc) is 2.94. The molecule has 0 radical (unpaired) electrons. The maximum atomic E-state index is 6.21. The second-order valence-corrected chi connectivity index (χ2v) is 5.42. The fourth-order valence-corrected chi connectivity index (χ4v) is 2.36. The topological polar surface area (TPSA) is 69.6 Å². The van der Waals surface area contributed by atoms with Crippen molar-refractivity contribution in [2.75, 3.05) is 5.73 Å². The van der Waals surface area contributed by atoms with E-state index >= 15 is 0 Å². The van der Waals surface area contributed by atoms with Crippen LogP contribution < -0.4 is 5.73 Å². The zero-order valence-corrected chi connectivity index (χ0v) is 12.7. The smallest absolute Gasteiger partial charge is 0.187 e. The minimum Gasteiger partial charge on any atom is -0.398 e. The van der Waals surface area contributed by atoms with Gasteiger partial charge in [0, 0.05) is 5.56 Å². The average molecular weight is 341 g/mol. The monoisotopic (exact) mass is 339 g/mol. The fourth-order valence-electron chi connectivity index (χ4n) is 1.87. The molecule has 0 aliphatic rings. The number of rotatable bonds is 2. The summed E-state index contributed by atoms with van der Waals surface area (Å²) in [4.78, 5) is 0. The van der Waals surface area contributed by atoms with Crippen LogP contribution in [0.1, 0.15) is 0 Å². The molecule has 3 rings (SSSR count). The van der Waals surface area contributed by atoms with E-state index in [1.165, 1.54) is 4.68 Å². The predicted molar refractivity (Wildman–Crippen MR) is 84.0 cm³/mol. The Morgan fingerprint density at radius 2 is 1.81 bits per heavy atom. The van der Waals surface area contributed by atoms with Gasteiger partial charge in [0.25, 0.3) is 0 Å². The molecule has 0 bridgehead atoms. The van der Waals surface area contributed by atoms with Crippen molar-refractivity contribution in [2.45, 2.75) is 0 Å². The summed E-state index contributed by atoms with van der Waals surface area (Å²) in [7, 11) is 0. The Labute approximate surface area is 135 Å². The van der Waals surface area contributed by atoms with Crippen LogP contribution in [0.5, 0.6) is 0 Å². The summed E-state index contributed by atoms with van der Waals surface area (Å²) in [6, 6.07) is 10.4. The van der Waals surface area contributed by atoms with Gasteiger partial charge in [0.15, 0.2) is 5.82 Å². The van der Waals surface area contributed by atoms with E-state index in [2.05, 4.69) is 15.5 Å². The fraction of sp³-hybridized carbons (Fsp3) is 0. The molecule has 106 valence electrons. The van der Waals surface area contributed by atoms with Crippen LogP contribution in [-0.2, 0) is 0 Å². The molecule has 0 amide bonds. The van der Waals surface area contributed by atoms with E-state index < -0.39 is 0 Å². The van der Waals surface area contributed by atoms with Crippen molar-refractivity contribution in [3.8, 4) is 17.1 Å². The number of hydrogen-bond donors (Lipinski definition) is 1. The largest absolute Gasteiger partial charge is 0.398 e. The maximum absolute atomic E-state index is 6.21. The molecular formula is C13H8Cl3N5. The SMILES string of the molecule is Nc1cc(-c2nnnn2-c2cccc(Cl)c2Cl)ccc1Cl. The highest BCUT2D eigenvalue weighted by Crippen LogP contribution is 2.31. The first-order valence-corrected chi connectivity index (χ1v) is 6.99. The molecule has 21 heavy (non-hydrogen) atoms. The summed E-state index contributed by atoms with van der Waals surface area (Å²) < 4.78 is 1.50. The second-order valence-electron chi connectivity index (χ2n) is 4.22. The molecule has 0 fully saturated rings. The van der Waals surface area contributed by atoms with Crippen LogP contribution in [0, 0.1) is 0 Å². The van der Waals surface area contributed by atoms with Crippen molar-refractivity contribution in [2.24, 2.45) is 0 Å². The zero-order valence-electron chi connectivity index (χ0n) is 10.5. The number of halogens is 3. The Bertz CT molecular complexity index is 815. The van der Waals surface area contributed by atoms with Crippen molar-refractivity contribution in [3.05, 3.63) is 51.5 Å². The standard InChI is InChI=1S/C13H8Cl3N5/c14-8-5-4-7(6-10(8)17)13-18-19-20-21(13)11-3-1-2-9(15)12(11)16/h1-6H,17H2. The summed E-state index contributed by atoms with van der Waals surface area (Å²) in [6.45, 7) is 0. The van der Waals surface area contributed by atoms with E-state index in [4.69, 9.17) is 40.5 Å². The van der Waals surface area contributed by atoms with E-state index in [0.29, 0.717) is 32.3 Å². The van der Waals surface area contributed by atoms with Gasteiger partial charge >= 0.3 is 0 Å². The van der Waals surface area contributed by atoms with Crippen LogP contribution in [0.3, 0.4) is 0 Å². The first-order chi connectivity index (χ1) is 10.1. The lowest BCUT2D eigenvalue weighted by molar-refractivity contribution is 0.791. The molecule has 1 aromatic heterocycles. The van der Waals surface area contributed by atoms with Gasteiger partial charge in [0.2, 0.25) is 0 Å². The predicted octanol–water partition coefficient (Wildman–Crippen LogP) is 3.87. The van der Waals surface area contributed by atoms with Gasteiger partial charge < -0.3 is 5.73 Å². The molecule has 0 unspecified atom stereocenters. The van der Waals surface area contributed by atoms with Crippen LogP contribution in [0.25, 0.3) is 17.1 Å². The third-order valence-electron chi connectivity index (χ3n) is 2.88. The number of nitrogen functional groups attached to an aromatic ring is 1. The van der Waals surface area contributed by atoms with Crippen LogP contribution in [0.4, 0.5) is 5.69 Å². The summed E-state index contributed by atoms with van der Waals surface area (Å²) in [5, 5.41) is 12.9. The Balaban J connectivity index is 2.17. The maximum Gasteiger partial charge on any atom is 0.187 e. The Hall–Kier alpha value is -1.82. The van der Waals surface area contributed by atoms with Crippen LogP contribution >= 0.6 is 34.8 Å². The van der Waals surface area contributed by atoms with Crippen molar-refractivity contribution < 1.29 is 0 Å². The molecule has 0 aliphatic carbocycles. The molecule has 3 aromatic rings. The Morgan fingerprint density at radius 1 is 1.00 bits per heavy atom. The van der Waals surface area contributed by atoms with E-state index in [0.717, 1.165) is 5.56 Å². The molecule has 0 saturated heterocycles. The third kappa shape index (κ3) is 2.55. The van der Waals surface area contributed by atoms with Gasteiger partial charge in [-0.15, -0.1) is 5.10 Å². The molecule has 5 nitrogen and oxygen atoms in total. The van der Waals surface area contributed by atoms with Gasteiger partial charge in [-0.05, 0) is 40.8 Å². The first kappa shape index (κ1) is 14.1. The molecule has 0 saturated carbocycles. The Kier molecular flexibility index (Phi) is 3.71. The van der Waals surface area contributed by atoms with Crippen molar-refractivity contribution in [1.29, 1.82) is 0 Å².